The molecule has 0 radical (unpaired) electrons. The fourth-order valence-corrected chi connectivity index (χ4v) is 6.87. The van der Waals surface area contributed by atoms with Crippen LogP contribution in [0.3, 0.4) is 0 Å². The van der Waals surface area contributed by atoms with Crippen LogP contribution in [0.4, 0.5) is 19.0 Å². The van der Waals surface area contributed by atoms with E-state index in [9.17, 15) is 21.6 Å². The van der Waals surface area contributed by atoms with Crippen LogP contribution in [0.15, 0.2) is 71.6 Å². The molecule has 5 rings (SSSR count). The quantitative estimate of drug-likeness (QED) is 0.193. The van der Waals surface area contributed by atoms with Gasteiger partial charge in [0, 0.05) is 38.1 Å². The molecule has 1 aromatic heterocycles. The molecular weight excluding hydrogens is 619 g/mol. The highest BCUT2D eigenvalue weighted by molar-refractivity contribution is 7.89. The molecule has 0 saturated carbocycles. The first-order valence-electron chi connectivity index (χ1n) is 15.3. The molecule has 1 N–H and O–H groups in total. The van der Waals surface area contributed by atoms with E-state index in [2.05, 4.69) is 10.2 Å². The molecule has 0 unspecified atom stereocenters. The number of sulfonamides is 1. The molecule has 1 atom stereocenters. The number of nitrogens with one attached hydrogen (secondary N) is 1. The van der Waals surface area contributed by atoms with Crippen molar-refractivity contribution in [3.8, 4) is 11.5 Å². The molecule has 9 nitrogen and oxygen atoms in total. The maximum Gasteiger partial charge on any atom is 0.416 e. The van der Waals surface area contributed by atoms with Gasteiger partial charge in [-0.3, -0.25) is 4.90 Å². The Morgan fingerprint density at radius 3 is 2.24 bits per heavy atom. The Labute approximate surface area is 267 Å². The second kappa shape index (κ2) is 14.2. The molecule has 4 aromatic rings. The Hall–Kier alpha value is -3.94. The van der Waals surface area contributed by atoms with Gasteiger partial charge in [-0.15, -0.1) is 0 Å². The zero-order valence-electron chi connectivity index (χ0n) is 26.0. The van der Waals surface area contributed by atoms with E-state index >= 15 is 0 Å². The molecule has 2 heterocycles. The van der Waals surface area contributed by atoms with Crippen LogP contribution in [0.25, 0.3) is 10.9 Å². The third-order valence-corrected chi connectivity index (χ3v) is 9.86. The fourth-order valence-electron chi connectivity index (χ4n) is 5.45. The molecule has 0 bridgehead atoms. The van der Waals surface area contributed by atoms with E-state index < -0.39 is 21.8 Å². The number of anilines is 1. The predicted molar refractivity (Wildman–Crippen MR) is 171 cm³/mol. The van der Waals surface area contributed by atoms with E-state index in [1.165, 1.54) is 4.31 Å². The number of benzene rings is 3. The lowest BCUT2D eigenvalue weighted by Gasteiger charge is -2.37. The summed E-state index contributed by atoms with van der Waals surface area (Å²) in [6.07, 6.45) is -3.81. The van der Waals surface area contributed by atoms with Gasteiger partial charge in [0.1, 0.15) is 11.6 Å². The van der Waals surface area contributed by atoms with E-state index in [1.807, 2.05) is 63.2 Å². The van der Waals surface area contributed by atoms with Crippen LogP contribution in [-0.2, 0) is 22.6 Å². The summed E-state index contributed by atoms with van der Waals surface area (Å²) in [6, 6.07) is 17.1. The van der Waals surface area contributed by atoms with Gasteiger partial charge in [0.25, 0.3) is 0 Å². The van der Waals surface area contributed by atoms with E-state index in [1.54, 1.807) is 0 Å². The number of hydrogen-bond donors (Lipinski definition) is 1. The number of piperazine rings is 1. The van der Waals surface area contributed by atoms with Gasteiger partial charge in [-0.1, -0.05) is 18.2 Å². The molecule has 1 aliphatic heterocycles. The molecular formula is C33H38F3N5O4S. The van der Waals surface area contributed by atoms with Gasteiger partial charge in [0.05, 0.1) is 35.2 Å². The van der Waals surface area contributed by atoms with E-state index in [0.717, 1.165) is 58.7 Å². The summed E-state index contributed by atoms with van der Waals surface area (Å²) >= 11 is 0. The van der Waals surface area contributed by atoms with Crippen molar-refractivity contribution >= 4 is 26.7 Å². The van der Waals surface area contributed by atoms with Gasteiger partial charge in [-0.05, 0) is 81.3 Å². The van der Waals surface area contributed by atoms with Gasteiger partial charge in [-0.2, -0.15) is 17.5 Å². The zero-order valence-corrected chi connectivity index (χ0v) is 26.9. The topological polar surface area (TPSA) is 96.9 Å². The number of para-hydroxylation sites is 1. The summed E-state index contributed by atoms with van der Waals surface area (Å²) < 4.78 is 78.0. The molecule has 1 fully saturated rings. The van der Waals surface area contributed by atoms with Crippen molar-refractivity contribution in [3.63, 3.8) is 0 Å². The monoisotopic (exact) mass is 657 g/mol. The van der Waals surface area contributed by atoms with Crippen molar-refractivity contribution in [3.05, 3.63) is 83.7 Å². The first kappa shape index (κ1) is 33.4. The Bertz CT molecular complexity index is 1740. The lowest BCUT2D eigenvalue weighted by Crippen LogP contribution is -2.49. The molecule has 0 spiro atoms. The summed E-state index contributed by atoms with van der Waals surface area (Å²) in [5.41, 5.74) is 1.00. The van der Waals surface area contributed by atoms with E-state index in [0.29, 0.717) is 44.5 Å². The number of halogens is 3. The number of alkyl halides is 3. The summed E-state index contributed by atoms with van der Waals surface area (Å²) in [4.78, 5) is 11.7. The average molecular weight is 658 g/mol. The van der Waals surface area contributed by atoms with Gasteiger partial charge in [0.15, 0.2) is 11.5 Å². The number of fused-ring (bicyclic) bond motifs is 1. The Morgan fingerprint density at radius 2 is 1.57 bits per heavy atom. The fraction of sp³-hybridized carbons (Fsp3) is 0.394. The highest BCUT2D eigenvalue weighted by atomic mass is 32.2. The Balaban J connectivity index is 1.26. The minimum atomic E-state index is -4.53. The van der Waals surface area contributed by atoms with Crippen LogP contribution in [0.5, 0.6) is 11.5 Å². The zero-order chi connectivity index (χ0) is 32.9. The standard InChI is InChI=1S/C33H38F3N5O4S/c1-4-44-29-15-10-24(22-30(29)45-5-2)16-17-37-32-27-8-6-7-9-28(27)38-31(39-32)23(3)40-18-20-41(21-19-40)46(42,43)26-13-11-25(12-14-26)33(34,35)36/h6-15,22-23H,4-5,16-21H2,1-3H3,(H,37,38,39)/t23-/m0/s1. The Kier molecular flexibility index (Phi) is 10.3. The van der Waals surface area contributed by atoms with Crippen molar-refractivity contribution in [1.82, 2.24) is 19.2 Å². The van der Waals surface area contributed by atoms with Crippen LogP contribution in [0, 0.1) is 0 Å². The molecule has 0 amide bonds. The molecule has 1 saturated heterocycles. The SMILES string of the molecule is CCOc1ccc(CCNc2nc([C@H](C)N3CCN(S(=O)(=O)c4ccc(C(F)(F)F)cc4)CC3)nc3ccccc23)cc1OCC. The Morgan fingerprint density at radius 1 is 0.891 bits per heavy atom. The summed E-state index contributed by atoms with van der Waals surface area (Å²) in [7, 11) is -3.94. The second-order valence-corrected chi connectivity index (χ2v) is 12.8. The smallest absolute Gasteiger partial charge is 0.416 e. The number of rotatable bonds is 12. The molecule has 1 aliphatic rings. The van der Waals surface area contributed by atoms with E-state index in [4.69, 9.17) is 19.4 Å². The number of hydrogen-bond acceptors (Lipinski definition) is 8. The molecule has 46 heavy (non-hydrogen) atoms. The third-order valence-electron chi connectivity index (χ3n) is 7.95. The minimum absolute atomic E-state index is 0.157. The summed E-state index contributed by atoms with van der Waals surface area (Å²) in [6.45, 7) is 8.80. The maximum absolute atomic E-state index is 13.2. The molecule has 13 heteroatoms. The normalized spacial score (nSPS) is 15.5. The summed E-state index contributed by atoms with van der Waals surface area (Å²) in [5, 5.41) is 4.38. The number of nitrogens with zero attached hydrogens (tertiary/aromatic N) is 4. The van der Waals surface area contributed by atoms with Gasteiger partial charge >= 0.3 is 6.18 Å². The average Bonchev–Trinajstić information content (AvgIpc) is 3.05. The van der Waals surface area contributed by atoms with Crippen LogP contribution in [-0.4, -0.2) is 73.5 Å². The summed E-state index contributed by atoms with van der Waals surface area (Å²) in [5.74, 6) is 2.77. The highest BCUT2D eigenvalue weighted by Gasteiger charge is 2.33. The van der Waals surface area contributed by atoms with Gasteiger partial charge < -0.3 is 14.8 Å². The van der Waals surface area contributed by atoms with Crippen LogP contribution in [0.2, 0.25) is 0 Å². The lowest BCUT2D eigenvalue weighted by molar-refractivity contribution is -0.137. The first-order chi connectivity index (χ1) is 22.0. The van der Waals surface area contributed by atoms with Crippen molar-refractivity contribution in [2.24, 2.45) is 0 Å². The van der Waals surface area contributed by atoms with Gasteiger partial charge in [-0.25, -0.2) is 18.4 Å². The minimum Gasteiger partial charge on any atom is -0.490 e. The van der Waals surface area contributed by atoms with Crippen molar-refractivity contribution in [2.45, 2.75) is 44.3 Å². The van der Waals surface area contributed by atoms with Gasteiger partial charge in [0.2, 0.25) is 10.0 Å². The predicted octanol–water partition coefficient (Wildman–Crippen LogP) is 6.17. The highest BCUT2D eigenvalue weighted by Crippen LogP contribution is 2.32. The second-order valence-electron chi connectivity index (χ2n) is 10.9. The van der Waals surface area contributed by atoms with Crippen molar-refractivity contribution < 1.29 is 31.1 Å². The molecule has 3 aromatic carbocycles. The lowest BCUT2D eigenvalue weighted by atomic mass is 10.1. The van der Waals surface area contributed by atoms with E-state index in [-0.39, 0.29) is 24.0 Å². The first-order valence-corrected chi connectivity index (χ1v) is 16.8. The van der Waals surface area contributed by atoms with Crippen LogP contribution >= 0.6 is 0 Å². The third kappa shape index (κ3) is 7.54. The van der Waals surface area contributed by atoms with Crippen LogP contribution < -0.4 is 14.8 Å². The largest absolute Gasteiger partial charge is 0.490 e. The van der Waals surface area contributed by atoms with Crippen LogP contribution in [0.1, 0.15) is 43.8 Å². The van der Waals surface area contributed by atoms with Crippen molar-refractivity contribution in [2.75, 3.05) is 51.3 Å². The van der Waals surface area contributed by atoms with Crippen molar-refractivity contribution in [1.29, 1.82) is 0 Å². The molecule has 246 valence electrons. The maximum atomic E-state index is 13.2. The number of ether oxygens (including phenoxy) is 2. The number of aromatic nitrogens is 2. The molecule has 0 aliphatic carbocycles.